The van der Waals surface area contributed by atoms with Crippen LogP contribution in [0.5, 0.6) is 0 Å². The predicted octanol–water partition coefficient (Wildman–Crippen LogP) is 6.11. The number of hydrogen-bond acceptors (Lipinski definition) is 5. The van der Waals surface area contributed by atoms with Gasteiger partial charge >= 0.3 is 0 Å². The molecule has 5 rings (SSSR count). The van der Waals surface area contributed by atoms with Gasteiger partial charge in [0.15, 0.2) is 16.8 Å². The number of nitrogens with zero attached hydrogens (tertiary/aromatic N) is 2. The fourth-order valence-electron chi connectivity index (χ4n) is 4.10. The molecule has 0 aliphatic carbocycles. The lowest BCUT2D eigenvalue weighted by atomic mass is 10.0. The molecule has 1 N–H and O–H groups in total. The molecule has 5 nitrogen and oxygen atoms in total. The van der Waals surface area contributed by atoms with Gasteiger partial charge in [-0.3, -0.25) is 9.71 Å². The van der Waals surface area contributed by atoms with Crippen molar-refractivity contribution in [2.24, 2.45) is 4.99 Å². The molecular formula is C25H22F3N3O2S2. The quantitative estimate of drug-likeness (QED) is 0.429. The molecule has 1 saturated heterocycles. The van der Waals surface area contributed by atoms with Gasteiger partial charge in [0.2, 0.25) is 0 Å². The molecule has 2 aliphatic heterocycles. The van der Waals surface area contributed by atoms with E-state index >= 15 is 4.39 Å². The number of dihydropyridines is 1. The fraction of sp³-hybridized carbons (Fsp3) is 0.280. The largest absolute Gasteiger partial charge is 0.381 e. The molecular weight excluding hydrogens is 495 g/mol. The number of nitrogens with one attached hydrogen (secondary N) is 1. The van der Waals surface area contributed by atoms with E-state index in [1.54, 1.807) is 29.7 Å². The topological polar surface area (TPSA) is 63.6 Å². The zero-order valence-corrected chi connectivity index (χ0v) is 20.2. The number of benzene rings is 2. The lowest BCUT2D eigenvalue weighted by Crippen LogP contribution is -2.13. The molecule has 0 radical (unpaired) electrons. The Bertz CT molecular complexity index is 1330. The highest BCUT2D eigenvalue weighted by molar-refractivity contribution is 7.86. The van der Waals surface area contributed by atoms with Crippen molar-refractivity contribution in [1.29, 1.82) is 0 Å². The second-order valence-corrected chi connectivity index (χ2v) is 10.4. The van der Waals surface area contributed by atoms with Gasteiger partial charge < -0.3 is 4.74 Å². The summed E-state index contributed by atoms with van der Waals surface area (Å²) in [5, 5.41) is 0.935. The average Bonchev–Trinajstić information content (AvgIpc) is 3.33. The Hall–Kier alpha value is -2.82. The van der Waals surface area contributed by atoms with Gasteiger partial charge in [0.1, 0.15) is 11.6 Å². The van der Waals surface area contributed by atoms with Gasteiger partial charge in [-0.2, -0.15) is 0 Å². The SMILES string of the molecule is O=S(Nc1cccc(-c2nc(C3CCOCC3)sc2C2=CC=NCC2)c1F)c1cc(F)ccc1F. The summed E-state index contributed by atoms with van der Waals surface area (Å²) in [7, 11) is -2.20. The van der Waals surface area contributed by atoms with Crippen LogP contribution < -0.4 is 4.72 Å². The first-order valence-corrected chi connectivity index (χ1v) is 13.2. The van der Waals surface area contributed by atoms with Crippen LogP contribution in [0.2, 0.25) is 0 Å². The summed E-state index contributed by atoms with van der Waals surface area (Å²) in [6, 6.07) is 7.30. The summed E-state index contributed by atoms with van der Waals surface area (Å²) in [4.78, 5) is 9.61. The third-order valence-electron chi connectivity index (χ3n) is 5.95. The Morgan fingerprint density at radius 3 is 2.71 bits per heavy atom. The molecule has 2 aromatic carbocycles. The zero-order valence-electron chi connectivity index (χ0n) is 18.6. The molecule has 1 fully saturated rings. The van der Waals surface area contributed by atoms with E-state index in [1.165, 1.54) is 6.07 Å². The van der Waals surface area contributed by atoms with Crippen LogP contribution in [-0.2, 0) is 15.7 Å². The number of thiazole rings is 1. The van der Waals surface area contributed by atoms with Crippen molar-refractivity contribution in [2.75, 3.05) is 24.5 Å². The highest BCUT2D eigenvalue weighted by Gasteiger charge is 2.26. The Morgan fingerprint density at radius 1 is 1.11 bits per heavy atom. The van der Waals surface area contributed by atoms with Crippen LogP contribution in [0.25, 0.3) is 16.8 Å². The van der Waals surface area contributed by atoms with Crippen molar-refractivity contribution in [2.45, 2.75) is 30.1 Å². The van der Waals surface area contributed by atoms with E-state index in [9.17, 15) is 13.0 Å². The van der Waals surface area contributed by atoms with Gasteiger partial charge in [-0.05, 0) is 61.2 Å². The first-order valence-electron chi connectivity index (χ1n) is 11.2. The lowest BCUT2D eigenvalue weighted by molar-refractivity contribution is 0.0853. The van der Waals surface area contributed by atoms with E-state index in [2.05, 4.69) is 9.71 Å². The van der Waals surface area contributed by atoms with E-state index in [-0.39, 0.29) is 17.2 Å². The second-order valence-electron chi connectivity index (χ2n) is 8.23. The average molecular weight is 518 g/mol. The van der Waals surface area contributed by atoms with Crippen molar-refractivity contribution in [3.63, 3.8) is 0 Å². The van der Waals surface area contributed by atoms with Crippen LogP contribution in [-0.4, -0.2) is 35.2 Å². The monoisotopic (exact) mass is 517 g/mol. The van der Waals surface area contributed by atoms with E-state index < -0.39 is 33.3 Å². The van der Waals surface area contributed by atoms with Gasteiger partial charge in [-0.1, -0.05) is 6.07 Å². The minimum absolute atomic E-state index is 0.0877. The Balaban J connectivity index is 1.53. The minimum Gasteiger partial charge on any atom is -0.381 e. The van der Waals surface area contributed by atoms with E-state index in [1.807, 2.05) is 6.08 Å². The maximum atomic E-state index is 15.7. The number of allylic oxidation sites excluding steroid dienone is 1. The van der Waals surface area contributed by atoms with Crippen LogP contribution in [0.4, 0.5) is 18.9 Å². The Labute approximate surface area is 207 Å². The van der Waals surface area contributed by atoms with Crippen LogP contribution in [0, 0.1) is 17.5 Å². The summed E-state index contributed by atoms with van der Waals surface area (Å²) in [6.45, 7) is 1.99. The summed E-state index contributed by atoms with van der Waals surface area (Å²) >= 11 is 1.56. The van der Waals surface area contributed by atoms with Crippen molar-refractivity contribution in [3.05, 3.63) is 69.8 Å². The number of anilines is 1. The Kier molecular flexibility index (Phi) is 7.12. The van der Waals surface area contributed by atoms with E-state index in [4.69, 9.17) is 9.72 Å². The first-order chi connectivity index (χ1) is 17.0. The smallest absolute Gasteiger partial charge is 0.156 e. The van der Waals surface area contributed by atoms with E-state index in [0.29, 0.717) is 25.5 Å². The molecule has 1 atom stereocenters. The molecule has 0 bridgehead atoms. The standard InChI is InChI=1S/C25H22F3N3O2S2/c26-17-4-5-19(27)21(14-17)35(32)31-20-3-1-2-18(22(20)28)23-24(15-6-10-29-11-7-15)34-25(30-23)16-8-12-33-13-9-16/h1-6,10,14,16,31H,7-9,11-13H2. The number of aliphatic imine (C=N–C) groups is 1. The third kappa shape index (κ3) is 5.10. The number of ether oxygens (including phenoxy) is 1. The summed E-state index contributed by atoms with van der Waals surface area (Å²) < 4.78 is 64.0. The number of rotatable bonds is 6. The molecule has 3 aromatic rings. The number of halogens is 3. The molecule has 1 aromatic heterocycles. The van der Waals surface area contributed by atoms with Gasteiger partial charge in [-0.25, -0.2) is 22.4 Å². The fourth-order valence-corrected chi connectivity index (χ4v) is 6.33. The van der Waals surface area contributed by atoms with Gasteiger partial charge in [-0.15, -0.1) is 11.3 Å². The molecule has 0 spiro atoms. The number of hydrogen-bond donors (Lipinski definition) is 1. The number of aromatic nitrogens is 1. The van der Waals surface area contributed by atoms with Gasteiger partial charge in [0.05, 0.1) is 26.2 Å². The van der Waals surface area contributed by atoms with Crippen LogP contribution >= 0.6 is 11.3 Å². The molecule has 182 valence electrons. The molecule has 3 heterocycles. The third-order valence-corrected chi connectivity index (χ3v) is 8.36. The minimum atomic E-state index is -2.20. The molecule has 0 amide bonds. The summed E-state index contributed by atoms with van der Waals surface area (Å²) in [6.07, 6.45) is 6.11. The highest BCUT2D eigenvalue weighted by Crippen LogP contribution is 2.42. The van der Waals surface area contributed by atoms with Crippen molar-refractivity contribution in [1.82, 2.24) is 4.98 Å². The first kappa shape index (κ1) is 23.9. The summed E-state index contributed by atoms with van der Waals surface area (Å²) in [5.41, 5.74) is 1.71. The molecule has 10 heteroatoms. The van der Waals surface area contributed by atoms with Crippen molar-refractivity contribution in [3.8, 4) is 11.3 Å². The molecule has 35 heavy (non-hydrogen) atoms. The van der Waals surface area contributed by atoms with Crippen LogP contribution in [0.15, 0.2) is 52.4 Å². The van der Waals surface area contributed by atoms with E-state index in [0.717, 1.165) is 52.9 Å². The lowest BCUT2D eigenvalue weighted by Gasteiger charge is -2.19. The van der Waals surface area contributed by atoms with Crippen molar-refractivity contribution >= 4 is 39.8 Å². The zero-order chi connectivity index (χ0) is 24.4. The Morgan fingerprint density at radius 2 is 1.94 bits per heavy atom. The maximum absolute atomic E-state index is 15.7. The van der Waals surface area contributed by atoms with Crippen LogP contribution in [0.1, 0.15) is 35.1 Å². The molecule has 2 aliphatic rings. The highest BCUT2D eigenvalue weighted by atomic mass is 32.2. The second kappa shape index (κ2) is 10.4. The normalized spacial score (nSPS) is 17.3. The van der Waals surface area contributed by atoms with Gasteiger partial charge in [0.25, 0.3) is 0 Å². The van der Waals surface area contributed by atoms with Crippen molar-refractivity contribution < 1.29 is 22.1 Å². The molecule has 1 unspecified atom stereocenters. The maximum Gasteiger partial charge on any atom is 0.156 e. The predicted molar refractivity (Wildman–Crippen MR) is 133 cm³/mol. The summed E-state index contributed by atoms with van der Waals surface area (Å²) in [5.74, 6) is -2.00. The van der Waals surface area contributed by atoms with Crippen LogP contribution in [0.3, 0.4) is 0 Å². The molecule has 0 saturated carbocycles. The van der Waals surface area contributed by atoms with Gasteiger partial charge in [0, 0.05) is 37.5 Å².